The van der Waals surface area contributed by atoms with Gasteiger partial charge in [-0.05, 0) is 69.2 Å². The van der Waals surface area contributed by atoms with Crippen molar-refractivity contribution in [3.05, 3.63) is 29.8 Å². The Balaban J connectivity index is 1.55. The largest absolute Gasteiger partial charge is 0.496 e. The molecule has 0 aliphatic carbocycles. The number of ether oxygens (including phenoxy) is 1. The standard InChI is InChI=1S/C21H32N2O2/c1-17-9-13-22(14-10-17)16-18-6-5-12-23(15-11-18)21(24)19-7-3-4-8-20(19)25-2/h3-4,7-8,17-18H,5-6,9-16H2,1-2H3. The molecule has 1 aromatic rings. The molecule has 0 radical (unpaired) electrons. The predicted molar refractivity (Wildman–Crippen MR) is 101 cm³/mol. The van der Waals surface area contributed by atoms with Crippen LogP contribution in [0.4, 0.5) is 0 Å². The van der Waals surface area contributed by atoms with Crippen molar-refractivity contribution in [2.75, 3.05) is 39.8 Å². The quantitative estimate of drug-likeness (QED) is 0.835. The first kappa shape index (κ1) is 18.2. The molecule has 0 aromatic heterocycles. The second-order valence-electron chi connectivity index (χ2n) is 7.77. The highest BCUT2D eigenvalue weighted by Crippen LogP contribution is 2.25. The van der Waals surface area contributed by atoms with E-state index in [1.807, 2.05) is 29.2 Å². The first-order valence-corrected chi connectivity index (χ1v) is 9.82. The van der Waals surface area contributed by atoms with E-state index in [2.05, 4.69) is 11.8 Å². The summed E-state index contributed by atoms with van der Waals surface area (Å²) in [7, 11) is 1.63. The molecule has 1 aromatic carbocycles. The monoisotopic (exact) mass is 344 g/mol. The fourth-order valence-electron chi connectivity index (χ4n) is 4.15. The van der Waals surface area contributed by atoms with Crippen molar-refractivity contribution in [3.8, 4) is 5.75 Å². The number of carbonyl (C=O) groups is 1. The molecule has 1 unspecified atom stereocenters. The number of nitrogens with zero attached hydrogens (tertiary/aromatic N) is 2. The molecule has 2 fully saturated rings. The summed E-state index contributed by atoms with van der Waals surface area (Å²) in [6, 6.07) is 7.56. The number of methoxy groups -OCH3 is 1. The third-order valence-electron chi connectivity index (χ3n) is 5.86. The van der Waals surface area contributed by atoms with E-state index in [0.717, 1.165) is 37.8 Å². The van der Waals surface area contributed by atoms with Crippen LogP contribution in [-0.4, -0.2) is 55.5 Å². The van der Waals surface area contributed by atoms with Gasteiger partial charge in [0.05, 0.1) is 12.7 Å². The van der Waals surface area contributed by atoms with Crippen molar-refractivity contribution in [2.24, 2.45) is 11.8 Å². The van der Waals surface area contributed by atoms with Crippen LogP contribution in [0.3, 0.4) is 0 Å². The zero-order valence-corrected chi connectivity index (χ0v) is 15.7. The van der Waals surface area contributed by atoms with Gasteiger partial charge in [0.1, 0.15) is 5.75 Å². The third kappa shape index (κ3) is 4.75. The van der Waals surface area contributed by atoms with Gasteiger partial charge in [-0.15, -0.1) is 0 Å². The molecule has 1 atom stereocenters. The van der Waals surface area contributed by atoms with Gasteiger partial charge in [0.15, 0.2) is 0 Å². The van der Waals surface area contributed by atoms with Gasteiger partial charge in [-0.25, -0.2) is 0 Å². The summed E-state index contributed by atoms with van der Waals surface area (Å²) in [5.74, 6) is 2.41. The van der Waals surface area contributed by atoms with E-state index < -0.39 is 0 Å². The van der Waals surface area contributed by atoms with E-state index in [-0.39, 0.29) is 5.91 Å². The van der Waals surface area contributed by atoms with Gasteiger partial charge in [-0.1, -0.05) is 19.1 Å². The average molecular weight is 344 g/mol. The Morgan fingerprint density at radius 3 is 2.60 bits per heavy atom. The van der Waals surface area contributed by atoms with Crippen LogP contribution in [-0.2, 0) is 0 Å². The molecule has 4 nitrogen and oxygen atoms in total. The Labute approximate surface area is 152 Å². The maximum Gasteiger partial charge on any atom is 0.257 e. The topological polar surface area (TPSA) is 32.8 Å². The molecule has 4 heteroatoms. The van der Waals surface area contributed by atoms with Gasteiger partial charge in [0, 0.05) is 19.6 Å². The van der Waals surface area contributed by atoms with E-state index in [0.29, 0.717) is 11.3 Å². The molecule has 0 N–H and O–H groups in total. The molecule has 2 aliphatic heterocycles. The third-order valence-corrected chi connectivity index (χ3v) is 5.86. The van der Waals surface area contributed by atoms with Crippen molar-refractivity contribution < 1.29 is 9.53 Å². The number of benzene rings is 1. The molecule has 0 saturated carbocycles. The van der Waals surface area contributed by atoms with E-state index in [9.17, 15) is 4.79 Å². The molecule has 2 saturated heterocycles. The van der Waals surface area contributed by atoms with Crippen molar-refractivity contribution in [2.45, 2.75) is 39.0 Å². The lowest BCUT2D eigenvalue weighted by atomic mass is 9.95. The van der Waals surface area contributed by atoms with E-state index in [1.165, 1.54) is 38.9 Å². The second kappa shape index (κ2) is 8.70. The van der Waals surface area contributed by atoms with Crippen LogP contribution in [0.2, 0.25) is 0 Å². The van der Waals surface area contributed by atoms with Crippen LogP contribution in [0.5, 0.6) is 5.75 Å². The molecular weight excluding hydrogens is 312 g/mol. The van der Waals surface area contributed by atoms with E-state index in [4.69, 9.17) is 4.74 Å². The number of hydrogen-bond donors (Lipinski definition) is 0. The summed E-state index contributed by atoms with van der Waals surface area (Å²) in [6.07, 6.45) is 6.14. The van der Waals surface area contributed by atoms with Gasteiger partial charge in [-0.2, -0.15) is 0 Å². The first-order chi connectivity index (χ1) is 12.2. The van der Waals surface area contributed by atoms with E-state index >= 15 is 0 Å². The summed E-state index contributed by atoms with van der Waals surface area (Å²) in [5.41, 5.74) is 0.688. The average Bonchev–Trinajstić information content (AvgIpc) is 2.88. The number of carbonyl (C=O) groups excluding carboxylic acids is 1. The van der Waals surface area contributed by atoms with Crippen molar-refractivity contribution in [3.63, 3.8) is 0 Å². The molecule has 1 amide bonds. The molecule has 0 bridgehead atoms. The molecule has 0 spiro atoms. The lowest BCUT2D eigenvalue weighted by molar-refractivity contribution is 0.0754. The maximum absolute atomic E-state index is 12.9. The van der Waals surface area contributed by atoms with Gasteiger partial charge in [0.25, 0.3) is 5.91 Å². The van der Waals surface area contributed by atoms with Gasteiger partial charge in [0.2, 0.25) is 0 Å². The predicted octanol–water partition coefficient (Wildman–Crippen LogP) is 3.67. The summed E-state index contributed by atoms with van der Waals surface area (Å²) in [6.45, 7) is 7.81. The van der Waals surface area contributed by atoms with Crippen molar-refractivity contribution in [1.82, 2.24) is 9.80 Å². The minimum atomic E-state index is 0.116. The maximum atomic E-state index is 12.9. The number of rotatable bonds is 4. The number of para-hydroxylation sites is 1. The Kier molecular flexibility index (Phi) is 6.35. The lowest BCUT2D eigenvalue weighted by Crippen LogP contribution is -2.37. The summed E-state index contributed by atoms with van der Waals surface area (Å²) in [4.78, 5) is 17.6. The summed E-state index contributed by atoms with van der Waals surface area (Å²) >= 11 is 0. The van der Waals surface area contributed by atoms with Crippen LogP contribution in [0.1, 0.15) is 49.4 Å². The summed E-state index contributed by atoms with van der Waals surface area (Å²) in [5, 5.41) is 0. The van der Waals surface area contributed by atoms with Gasteiger partial charge >= 0.3 is 0 Å². The van der Waals surface area contributed by atoms with Gasteiger partial charge in [-0.3, -0.25) is 4.79 Å². The van der Waals surface area contributed by atoms with Crippen LogP contribution < -0.4 is 4.74 Å². The van der Waals surface area contributed by atoms with E-state index in [1.54, 1.807) is 7.11 Å². The zero-order valence-electron chi connectivity index (χ0n) is 15.7. The Morgan fingerprint density at radius 2 is 1.84 bits per heavy atom. The highest BCUT2D eigenvalue weighted by molar-refractivity contribution is 5.96. The normalized spacial score (nSPS) is 23.3. The molecule has 138 valence electrons. The summed E-state index contributed by atoms with van der Waals surface area (Å²) < 4.78 is 5.36. The minimum Gasteiger partial charge on any atom is -0.496 e. The van der Waals surface area contributed by atoms with Crippen LogP contribution in [0, 0.1) is 11.8 Å². The van der Waals surface area contributed by atoms with Crippen LogP contribution >= 0.6 is 0 Å². The fraction of sp³-hybridized carbons (Fsp3) is 0.667. The zero-order chi connectivity index (χ0) is 17.6. The lowest BCUT2D eigenvalue weighted by Gasteiger charge is -2.32. The molecule has 2 aliphatic rings. The number of likely N-dealkylation sites (tertiary alicyclic amines) is 2. The number of amides is 1. The number of hydrogen-bond acceptors (Lipinski definition) is 3. The SMILES string of the molecule is COc1ccccc1C(=O)N1CCCC(CN2CCC(C)CC2)CC1. The molecule has 25 heavy (non-hydrogen) atoms. The molecule has 3 rings (SSSR count). The molecular formula is C21H32N2O2. The highest BCUT2D eigenvalue weighted by atomic mass is 16.5. The number of piperidine rings is 1. The van der Waals surface area contributed by atoms with Crippen LogP contribution in [0.25, 0.3) is 0 Å². The van der Waals surface area contributed by atoms with Crippen LogP contribution in [0.15, 0.2) is 24.3 Å². The Morgan fingerprint density at radius 1 is 1.08 bits per heavy atom. The first-order valence-electron chi connectivity index (χ1n) is 9.82. The Bertz CT molecular complexity index is 567. The Hall–Kier alpha value is -1.55. The van der Waals surface area contributed by atoms with Crippen molar-refractivity contribution >= 4 is 5.91 Å². The fourth-order valence-corrected chi connectivity index (χ4v) is 4.15. The molecule has 2 heterocycles. The van der Waals surface area contributed by atoms with Gasteiger partial charge < -0.3 is 14.5 Å². The smallest absolute Gasteiger partial charge is 0.257 e. The second-order valence-corrected chi connectivity index (χ2v) is 7.77. The highest BCUT2D eigenvalue weighted by Gasteiger charge is 2.25. The minimum absolute atomic E-state index is 0.116. The van der Waals surface area contributed by atoms with Crippen molar-refractivity contribution in [1.29, 1.82) is 0 Å².